The van der Waals surface area contributed by atoms with E-state index >= 15 is 0 Å². The molecule has 0 heterocycles. The second kappa shape index (κ2) is 54.6. The summed E-state index contributed by atoms with van der Waals surface area (Å²) in [5.41, 5.74) is 0. The summed E-state index contributed by atoms with van der Waals surface area (Å²) in [6.07, 6.45) is 82.6. The van der Waals surface area contributed by atoms with E-state index in [9.17, 15) is 9.59 Å². The van der Waals surface area contributed by atoms with Gasteiger partial charge >= 0.3 is 11.9 Å². The standard InChI is InChI=1S/C61H92O5/c1-4-7-10-13-16-19-22-25-28-30-31-32-34-36-39-42-45-48-51-54-60(62)65-58-59(57-64-56-53-50-47-44-41-38-35-29-26-23-20-17-14-11-8-5-2)66-61(63)55-52-49-46-43-40-37-33-27-24-21-18-15-12-9-6-3/h7-12,16-21,25-29,31-33,36,39-40,43,45,48-49,52,59H,4-6,13-15,22-24,30,34-35,37-38,41-42,44,46-47,50-51,53-58H2,1-3H3/b10-7-,11-8-,12-9-,19-16-,20-17-,21-18-,28-25-,29-26-,32-31-,33-27-,39-36-,43-40-,48-45-,52-49-. The van der Waals surface area contributed by atoms with Crippen LogP contribution in [0.5, 0.6) is 0 Å². The van der Waals surface area contributed by atoms with Crippen molar-refractivity contribution in [3.05, 3.63) is 170 Å². The molecule has 0 saturated carbocycles. The van der Waals surface area contributed by atoms with Crippen molar-refractivity contribution in [2.24, 2.45) is 0 Å². The van der Waals surface area contributed by atoms with Crippen LogP contribution in [0.2, 0.25) is 0 Å². The minimum absolute atomic E-state index is 0.0129. The summed E-state index contributed by atoms with van der Waals surface area (Å²) < 4.78 is 17.2. The van der Waals surface area contributed by atoms with E-state index in [4.69, 9.17) is 14.2 Å². The van der Waals surface area contributed by atoms with Crippen LogP contribution in [0.15, 0.2) is 170 Å². The Labute approximate surface area is 405 Å². The first kappa shape index (κ1) is 61.3. The molecule has 0 aromatic rings. The first-order chi connectivity index (χ1) is 32.6. The zero-order chi connectivity index (χ0) is 47.7. The normalized spacial score (nSPS) is 13.7. The minimum atomic E-state index is -0.642. The van der Waals surface area contributed by atoms with Crippen LogP contribution in [0.3, 0.4) is 0 Å². The summed E-state index contributed by atoms with van der Waals surface area (Å²) in [6, 6.07) is 0. The van der Waals surface area contributed by atoms with Crippen molar-refractivity contribution in [1.82, 2.24) is 0 Å². The lowest BCUT2D eigenvalue weighted by Crippen LogP contribution is -2.29. The van der Waals surface area contributed by atoms with Gasteiger partial charge in [0, 0.05) is 13.0 Å². The van der Waals surface area contributed by atoms with E-state index in [0.29, 0.717) is 13.0 Å². The van der Waals surface area contributed by atoms with Crippen LogP contribution in [-0.4, -0.2) is 37.9 Å². The molecule has 1 unspecified atom stereocenters. The second-order valence-electron chi connectivity index (χ2n) is 15.9. The summed E-state index contributed by atoms with van der Waals surface area (Å²) in [4.78, 5) is 25.3. The Morgan fingerprint density at radius 3 is 1.09 bits per heavy atom. The fourth-order valence-electron chi connectivity index (χ4n) is 6.09. The quantitative estimate of drug-likeness (QED) is 0.0346. The van der Waals surface area contributed by atoms with Gasteiger partial charge in [-0.15, -0.1) is 0 Å². The van der Waals surface area contributed by atoms with Crippen molar-refractivity contribution in [1.29, 1.82) is 0 Å². The van der Waals surface area contributed by atoms with Gasteiger partial charge in [0.15, 0.2) is 6.10 Å². The molecule has 0 fully saturated rings. The van der Waals surface area contributed by atoms with Gasteiger partial charge in [-0.25, -0.2) is 0 Å². The maximum Gasteiger partial charge on any atom is 0.310 e. The number of hydrogen-bond donors (Lipinski definition) is 0. The third-order valence-corrected chi connectivity index (χ3v) is 9.78. The molecule has 1 atom stereocenters. The van der Waals surface area contributed by atoms with Crippen molar-refractivity contribution in [2.45, 2.75) is 181 Å². The van der Waals surface area contributed by atoms with E-state index in [1.54, 1.807) is 0 Å². The summed E-state index contributed by atoms with van der Waals surface area (Å²) in [6.45, 7) is 7.23. The molecule has 5 nitrogen and oxygen atoms in total. The molecular formula is C61H92O5. The third-order valence-electron chi connectivity index (χ3n) is 9.78. The molecule has 0 aromatic carbocycles. The Kier molecular flexibility index (Phi) is 50.7. The van der Waals surface area contributed by atoms with E-state index in [-0.39, 0.29) is 38.0 Å². The van der Waals surface area contributed by atoms with E-state index in [0.717, 1.165) is 109 Å². The van der Waals surface area contributed by atoms with Crippen molar-refractivity contribution < 1.29 is 23.8 Å². The molecule has 0 aliphatic heterocycles. The molecule has 0 aliphatic rings. The van der Waals surface area contributed by atoms with E-state index in [1.165, 1.54) is 25.7 Å². The average Bonchev–Trinajstić information content (AvgIpc) is 3.32. The number of carbonyl (C=O) groups is 2. The number of rotatable bonds is 44. The zero-order valence-corrected chi connectivity index (χ0v) is 41.9. The number of esters is 2. The fraction of sp³-hybridized carbons (Fsp3) is 0.508. The van der Waals surface area contributed by atoms with Gasteiger partial charge in [0.05, 0.1) is 13.0 Å². The van der Waals surface area contributed by atoms with Crippen molar-refractivity contribution >= 4 is 11.9 Å². The minimum Gasteiger partial charge on any atom is -0.462 e. The first-order valence-electron chi connectivity index (χ1n) is 25.7. The van der Waals surface area contributed by atoms with Gasteiger partial charge in [-0.1, -0.05) is 217 Å². The first-order valence-corrected chi connectivity index (χ1v) is 25.7. The highest BCUT2D eigenvalue weighted by Crippen LogP contribution is 2.10. The Bertz CT molecular complexity index is 1540. The topological polar surface area (TPSA) is 61.8 Å². The largest absolute Gasteiger partial charge is 0.462 e. The predicted octanol–water partition coefficient (Wildman–Crippen LogP) is 17.7. The Hall–Kier alpha value is -4.74. The van der Waals surface area contributed by atoms with Gasteiger partial charge in [-0.05, 0) is 116 Å². The van der Waals surface area contributed by atoms with Gasteiger partial charge in [-0.2, -0.15) is 0 Å². The molecule has 0 bridgehead atoms. The van der Waals surface area contributed by atoms with Crippen LogP contribution < -0.4 is 0 Å². The molecule has 0 radical (unpaired) electrons. The molecule has 0 aromatic heterocycles. The summed E-state index contributed by atoms with van der Waals surface area (Å²) in [5.74, 6) is -0.665. The molecule has 0 rings (SSSR count). The molecule has 0 saturated heterocycles. The lowest BCUT2D eigenvalue weighted by Gasteiger charge is -2.18. The van der Waals surface area contributed by atoms with Crippen LogP contribution in [0.1, 0.15) is 175 Å². The van der Waals surface area contributed by atoms with Crippen molar-refractivity contribution in [3.63, 3.8) is 0 Å². The fourth-order valence-corrected chi connectivity index (χ4v) is 6.09. The lowest BCUT2D eigenvalue weighted by atomic mass is 10.1. The lowest BCUT2D eigenvalue weighted by molar-refractivity contribution is -0.162. The van der Waals surface area contributed by atoms with Crippen LogP contribution in [0, 0.1) is 0 Å². The Morgan fingerprint density at radius 1 is 0.348 bits per heavy atom. The van der Waals surface area contributed by atoms with Gasteiger partial charge in [0.1, 0.15) is 6.61 Å². The Balaban J connectivity index is 4.57. The summed E-state index contributed by atoms with van der Waals surface area (Å²) in [5, 5.41) is 0. The number of carbonyl (C=O) groups excluding carboxylic acids is 2. The van der Waals surface area contributed by atoms with Gasteiger partial charge in [-0.3, -0.25) is 9.59 Å². The molecule has 0 aliphatic carbocycles. The molecule has 0 spiro atoms. The molecule has 366 valence electrons. The smallest absolute Gasteiger partial charge is 0.310 e. The monoisotopic (exact) mass is 905 g/mol. The van der Waals surface area contributed by atoms with Crippen LogP contribution in [0.4, 0.5) is 0 Å². The maximum absolute atomic E-state index is 12.7. The average molecular weight is 905 g/mol. The highest BCUT2D eigenvalue weighted by atomic mass is 16.6. The van der Waals surface area contributed by atoms with Crippen LogP contribution in [-0.2, 0) is 23.8 Å². The number of hydrogen-bond acceptors (Lipinski definition) is 5. The zero-order valence-electron chi connectivity index (χ0n) is 41.9. The van der Waals surface area contributed by atoms with E-state index < -0.39 is 6.10 Å². The summed E-state index contributed by atoms with van der Waals surface area (Å²) in [7, 11) is 0. The van der Waals surface area contributed by atoms with Crippen molar-refractivity contribution in [2.75, 3.05) is 19.8 Å². The predicted molar refractivity (Wildman–Crippen MR) is 287 cm³/mol. The molecule has 0 amide bonds. The number of unbranched alkanes of at least 4 members (excludes halogenated alkanes) is 6. The third kappa shape index (κ3) is 51.9. The van der Waals surface area contributed by atoms with E-state index in [2.05, 4.69) is 173 Å². The number of allylic oxidation sites excluding steroid dienone is 27. The SMILES string of the molecule is CC/C=C\C/C=C\C/C=C\C/C=C\C/C=C\C/C=C\CCC(=O)OCC(COCCCCCCCC/C=C\C/C=C\C/C=C\CC)OC(=O)C/C=C\C/C=C\C/C=C\C/C=C\C/C=C\CC. The summed E-state index contributed by atoms with van der Waals surface area (Å²) >= 11 is 0. The van der Waals surface area contributed by atoms with Gasteiger partial charge < -0.3 is 14.2 Å². The molecule has 66 heavy (non-hydrogen) atoms. The maximum atomic E-state index is 12.7. The van der Waals surface area contributed by atoms with E-state index in [1.807, 2.05) is 18.2 Å². The highest BCUT2D eigenvalue weighted by Gasteiger charge is 2.17. The second-order valence-corrected chi connectivity index (χ2v) is 15.9. The molecule has 5 heteroatoms. The van der Waals surface area contributed by atoms with Gasteiger partial charge in [0.25, 0.3) is 0 Å². The number of ether oxygens (including phenoxy) is 3. The molecular weight excluding hydrogens is 813 g/mol. The highest BCUT2D eigenvalue weighted by molar-refractivity contribution is 5.71. The van der Waals surface area contributed by atoms with Crippen LogP contribution >= 0.6 is 0 Å². The van der Waals surface area contributed by atoms with Gasteiger partial charge in [0.2, 0.25) is 0 Å². The van der Waals surface area contributed by atoms with Crippen LogP contribution in [0.25, 0.3) is 0 Å². The van der Waals surface area contributed by atoms with Crippen molar-refractivity contribution in [3.8, 4) is 0 Å². The Morgan fingerprint density at radius 2 is 0.682 bits per heavy atom. The molecule has 0 N–H and O–H groups in total.